The van der Waals surface area contributed by atoms with Crippen molar-refractivity contribution in [3.05, 3.63) is 40.8 Å². The van der Waals surface area contributed by atoms with Crippen molar-refractivity contribution in [1.82, 2.24) is 9.62 Å². The van der Waals surface area contributed by atoms with Crippen molar-refractivity contribution in [3.8, 4) is 0 Å². The van der Waals surface area contributed by atoms with E-state index in [2.05, 4.69) is 4.72 Å². The van der Waals surface area contributed by atoms with Gasteiger partial charge < -0.3 is 9.64 Å². The molecule has 0 saturated carbocycles. The molecule has 1 aromatic carbocycles. The Hall–Kier alpha value is -2.19. The summed E-state index contributed by atoms with van der Waals surface area (Å²) in [5, 5.41) is 0.992. The Morgan fingerprint density at radius 2 is 1.96 bits per heavy atom. The lowest BCUT2D eigenvalue weighted by Crippen LogP contribution is -2.44. The maximum atomic E-state index is 12.1. The standard InChI is InChI=1S/C19H26N2O5S/c1-15-6-8-17(9-7-15)10-12-27(24,25)20-13-19(23)26-14-18(22)21-11-4-3-5-16(21)2/h6-10,12,16,20H,3-5,11,13-14H2,1-2H3/b12-10+/t16-/m1/s1. The van der Waals surface area contributed by atoms with Gasteiger partial charge in [-0.15, -0.1) is 0 Å². The van der Waals surface area contributed by atoms with E-state index < -0.39 is 22.5 Å². The number of esters is 1. The SMILES string of the molecule is Cc1ccc(/C=C/S(=O)(=O)NCC(=O)OCC(=O)N2CCCC[C@H]2C)cc1. The van der Waals surface area contributed by atoms with E-state index in [0.717, 1.165) is 35.8 Å². The molecular weight excluding hydrogens is 368 g/mol. The van der Waals surface area contributed by atoms with E-state index in [-0.39, 0.29) is 18.6 Å². The molecular formula is C19H26N2O5S. The molecule has 1 aliphatic heterocycles. The zero-order valence-corrected chi connectivity index (χ0v) is 16.5. The van der Waals surface area contributed by atoms with Crippen LogP contribution in [0.1, 0.15) is 37.3 Å². The molecule has 1 amide bonds. The molecule has 0 aliphatic carbocycles. The number of aryl methyl sites for hydroxylation is 1. The van der Waals surface area contributed by atoms with Gasteiger partial charge in [0, 0.05) is 18.0 Å². The minimum atomic E-state index is -3.78. The van der Waals surface area contributed by atoms with Gasteiger partial charge in [0.1, 0.15) is 6.54 Å². The maximum Gasteiger partial charge on any atom is 0.321 e. The first-order valence-corrected chi connectivity index (χ1v) is 10.5. The van der Waals surface area contributed by atoms with Gasteiger partial charge in [-0.1, -0.05) is 29.8 Å². The number of sulfonamides is 1. The molecule has 1 fully saturated rings. The average Bonchev–Trinajstić information content (AvgIpc) is 2.64. The number of hydrogen-bond donors (Lipinski definition) is 1. The Morgan fingerprint density at radius 1 is 1.26 bits per heavy atom. The van der Waals surface area contributed by atoms with Gasteiger partial charge in [-0.05, 0) is 44.7 Å². The number of nitrogens with one attached hydrogen (secondary N) is 1. The Bertz CT molecular complexity index is 787. The van der Waals surface area contributed by atoms with Crippen molar-refractivity contribution in [2.45, 2.75) is 39.2 Å². The van der Waals surface area contributed by atoms with E-state index in [1.54, 1.807) is 17.0 Å². The fourth-order valence-corrected chi connectivity index (χ4v) is 3.55. The fourth-order valence-electron chi connectivity index (χ4n) is 2.80. The topological polar surface area (TPSA) is 92.8 Å². The van der Waals surface area contributed by atoms with Gasteiger partial charge in [-0.3, -0.25) is 9.59 Å². The molecule has 7 nitrogen and oxygen atoms in total. The molecule has 2 rings (SSSR count). The van der Waals surface area contributed by atoms with Crippen LogP contribution in [0.3, 0.4) is 0 Å². The number of benzene rings is 1. The molecule has 27 heavy (non-hydrogen) atoms. The van der Waals surface area contributed by atoms with E-state index in [1.807, 2.05) is 26.0 Å². The second kappa shape index (κ2) is 9.66. The monoisotopic (exact) mass is 394 g/mol. The highest BCUT2D eigenvalue weighted by molar-refractivity contribution is 7.92. The number of ether oxygens (including phenoxy) is 1. The number of piperidine rings is 1. The third kappa shape index (κ3) is 7.15. The van der Waals surface area contributed by atoms with Crippen LogP contribution in [-0.2, 0) is 24.3 Å². The summed E-state index contributed by atoms with van der Waals surface area (Å²) in [7, 11) is -3.78. The van der Waals surface area contributed by atoms with Gasteiger partial charge in [-0.2, -0.15) is 0 Å². The van der Waals surface area contributed by atoms with Crippen molar-refractivity contribution in [1.29, 1.82) is 0 Å². The lowest BCUT2D eigenvalue weighted by atomic mass is 10.0. The van der Waals surface area contributed by atoms with Crippen LogP contribution in [0.15, 0.2) is 29.7 Å². The van der Waals surface area contributed by atoms with Gasteiger partial charge in [0.2, 0.25) is 10.0 Å². The largest absolute Gasteiger partial charge is 0.455 e. The van der Waals surface area contributed by atoms with Crippen molar-refractivity contribution < 1.29 is 22.7 Å². The highest BCUT2D eigenvalue weighted by Gasteiger charge is 2.24. The fraction of sp³-hybridized carbons (Fsp3) is 0.474. The molecule has 8 heteroatoms. The first kappa shape index (κ1) is 21.1. The third-order valence-electron chi connectivity index (χ3n) is 4.41. The van der Waals surface area contributed by atoms with Crippen LogP contribution in [0.25, 0.3) is 6.08 Å². The van der Waals surface area contributed by atoms with Crippen LogP contribution in [0.4, 0.5) is 0 Å². The van der Waals surface area contributed by atoms with Gasteiger partial charge in [0.15, 0.2) is 6.61 Å². The lowest BCUT2D eigenvalue weighted by Gasteiger charge is -2.33. The summed E-state index contributed by atoms with van der Waals surface area (Å²) in [4.78, 5) is 25.5. The summed E-state index contributed by atoms with van der Waals surface area (Å²) in [6.07, 6.45) is 4.40. The molecule has 0 aromatic heterocycles. The van der Waals surface area contributed by atoms with Crippen molar-refractivity contribution in [2.24, 2.45) is 0 Å². The zero-order chi connectivity index (χ0) is 19.9. The number of carbonyl (C=O) groups excluding carboxylic acids is 2. The van der Waals surface area contributed by atoms with Crippen LogP contribution in [0.5, 0.6) is 0 Å². The molecule has 148 valence electrons. The molecule has 0 spiro atoms. The summed E-state index contributed by atoms with van der Waals surface area (Å²) in [5.41, 5.74) is 1.80. The lowest BCUT2D eigenvalue weighted by molar-refractivity contribution is -0.152. The van der Waals surface area contributed by atoms with Crippen LogP contribution < -0.4 is 4.72 Å². The number of hydrogen-bond acceptors (Lipinski definition) is 5. The number of carbonyl (C=O) groups is 2. The number of nitrogens with zero attached hydrogens (tertiary/aromatic N) is 1. The molecule has 0 radical (unpaired) electrons. The molecule has 1 atom stereocenters. The Labute approximate surface area is 160 Å². The molecule has 1 aliphatic rings. The van der Waals surface area contributed by atoms with Crippen LogP contribution in [-0.4, -0.2) is 50.9 Å². The molecule has 0 bridgehead atoms. The van der Waals surface area contributed by atoms with E-state index in [1.165, 1.54) is 6.08 Å². The summed E-state index contributed by atoms with van der Waals surface area (Å²) in [6.45, 7) is 3.67. The molecule has 1 saturated heterocycles. The number of rotatable bonds is 7. The Morgan fingerprint density at radius 3 is 2.63 bits per heavy atom. The van der Waals surface area contributed by atoms with Gasteiger partial charge in [0.05, 0.1) is 0 Å². The number of amides is 1. The third-order valence-corrected chi connectivity index (χ3v) is 5.46. The van der Waals surface area contributed by atoms with Gasteiger partial charge in [-0.25, -0.2) is 13.1 Å². The molecule has 1 N–H and O–H groups in total. The second-order valence-electron chi connectivity index (χ2n) is 6.67. The quantitative estimate of drug-likeness (QED) is 0.712. The smallest absolute Gasteiger partial charge is 0.321 e. The zero-order valence-electron chi connectivity index (χ0n) is 15.7. The number of likely N-dealkylation sites (tertiary alicyclic amines) is 1. The van der Waals surface area contributed by atoms with E-state index in [0.29, 0.717) is 6.54 Å². The highest BCUT2D eigenvalue weighted by atomic mass is 32.2. The Kier molecular flexibility index (Phi) is 7.55. The maximum absolute atomic E-state index is 12.1. The first-order valence-electron chi connectivity index (χ1n) is 8.96. The molecule has 0 unspecified atom stereocenters. The predicted molar refractivity (Wildman–Crippen MR) is 103 cm³/mol. The minimum absolute atomic E-state index is 0.135. The summed E-state index contributed by atoms with van der Waals surface area (Å²) >= 11 is 0. The van der Waals surface area contributed by atoms with Crippen molar-refractivity contribution in [3.63, 3.8) is 0 Å². The van der Waals surface area contributed by atoms with Crippen LogP contribution in [0.2, 0.25) is 0 Å². The first-order chi connectivity index (χ1) is 12.8. The summed E-state index contributed by atoms with van der Waals surface area (Å²) in [5.74, 6) is -1.04. The second-order valence-corrected chi connectivity index (χ2v) is 8.32. The van der Waals surface area contributed by atoms with Crippen LogP contribution in [0, 0.1) is 6.92 Å². The highest BCUT2D eigenvalue weighted by Crippen LogP contribution is 2.16. The molecule has 1 aromatic rings. The van der Waals surface area contributed by atoms with Crippen molar-refractivity contribution in [2.75, 3.05) is 19.7 Å². The average molecular weight is 394 g/mol. The van der Waals surface area contributed by atoms with E-state index >= 15 is 0 Å². The van der Waals surface area contributed by atoms with Crippen molar-refractivity contribution >= 4 is 28.0 Å². The minimum Gasteiger partial charge on any atom is -0.455 e. The van der Waals surface area contributed by atoms with Gasteiger partial charge >= 0.3 is 5.97 Å². The van der Waals surface area contributed by atoms with E-state index in [4.69, 9.17) is 4.74 Å². The predicted octanol–water partition coefficient (Wildman–Crippen LogP) is 1.83. The normalized spacial score (nSPS) is 17.9. The summed E-state index contributed by atoms with van der Waals surface area (Å²) < 4.78 is 30.9. The summed E-state index contributed by atoms with van der Waals surface area (Å²) in [6, 6.07) is 7.47. The van der Waals surface area contributed by atoms with Crippen LogP contribution >= 0.6 is 0 Å². The Balaban J connectivity index is 1.76. The van der Waals surface area contributed by atoms with E-state index in [9.17, 15) is 18.0 Å². The van der Waals surface area contributed by atoms with Gasteiger partial charge in [0.25, 0.3) is 5.91 Å². The molecule has 1 heterocycles.